The van der Waals surface area contributed by atoms with Crippen molar-refractivity contribution in [2.24, 2.45) is 0 Å². The van der Waals surface area contributed by atoms with Gasteiger partial charge in [-0.3, -0.25) is 4.98 Å². The molecule has 0 saturated heterocycles. The van der Waals surface area contributed by atoms with E-state index < -0.39 is 0 Å². The highest BCUT2D eigenvalue weighted by Crippen LogP contribution is 2.34. The van der Waals surface area contributed by atoms with Gasteiger partial charge in [-0.25, -0.2) is 0 Å². The first-order valence-corrected chi connectivity index (χ1v) is 7.51. The Bertz CT molecular complexity index is 727. The van der Waals surface area contributed by atoms with E-state index in [1.165, 1.54) is 11.8 Å². The molecule has 0 spiro atoms. The van der Waals surface area contributed by atoms with Crippen LogP contribution in [0.4, 0.5) is 5.69 Å². The summed E-state index contributed by atoms with van der Waals surface area (Å²) in [6, 6.07) is 11.0. The van der Waals surface area contributed by atoms with Crippen LogP contribution in [0.1, 0.15) is 5.89 Å². The van der Waals surface area contributed by atoms with Crippen molar-refractivity contribution in [3.8, 4) is 11.5 Å². The smallest absolute Gasteiger partial charge is 0.237 e. The number of anilines is 1. The zero-order valence-electron chi connectivity index (χ0n) is 10.9. The maximum Gasteiger partial charge on any atom is 0.237 e. The highest BCUT2D eigenvalue weighted by Gasteiger charge is 2.11. The number of hydrogen-bond donors (Lipinski definition) is 1. The number of nitrogen functional groups attached to an aromatic ring is 1. The van der Waals surface area contributed by atoms with Crippen molar-refractivity contribution < 1.29 is 4.52 Å². The van der Waals surface area contributed by atoms with Crippen LogP contribution in [-0.2, 0) is 5.75 Å². The summed E-state index contributed by atoms with van der Waals surface area (Å²) < 4.78 is 5.21. The number of rotatable bonds is 4. The number of pyridine rings is 1. The van der Waals surface area contributed by atoms with Gasteiger partial charge in [0.25, 0.3) is 0 Å². The predicted octanol–water partition coefficient (Wildman–Crippen LogP) is 3.66. The molecule has 0 aliphatic rings. The lowest BCUT2D eigenvalue weighted by atomic mass is 10.3. The summed E-state index contributed by atoms with van der Waals surface area (Å²) in [4.78, 5) is 9.30. The van der Waals surface area contributed by atoms with Gasteiger partial charge in [-0.15, -0.1) is 11.8 Å². The molecule has 1 aromatic carbocycles. The summed E-state index contributed by atoms with van der Waals surface area (Å²) in [5.74, 6) is 1.46. The lowest BCUT2D eigenvalue weighted by Crippen LogP contribution is -1.90. The van der Waals surface area contributed by atoms with Crippen LogP contribution in [0, 0.1) is 0 Å². The standard InChI is InChI=1S/C14H11ClN4OS/c15-9-4-3-5-10(16)13(9)21-8-12-18-14(19-20-12)11-6-1-2-7-17-11/h1-7H,8,16H2. The molecule has 2 N–H and O–H groups in total. The quantitative estimate of drug-likeness (QED) is 0.584. The zero-order valence-corrected chi connectivity index (χ0v) is 12.4. The number of benzene rings is 1. The minimum Gasteiger partial charge on any atom is -0.398 e. The molecule has 0 radical (unpaired) electrons. The van der Waals surface area contributed by atoms with E-state index in [9.17, 15) is 0 Å². The minimum atomic E-state index is 0.471. The molecular weight excluding hydrogens is 308 g/mol. The Morgan fingerprint density at radius 1 is 1.19 bits per heavy atom. The molecule has 0 atom stereocenters. The largest absolute Gasteiger partial charge is 0.398 e. The third-order valence-electron chi connectivity index (χ3n) is 2.70. The molecule has 2 aromatic heterocycles. The van der Waals surface area contributed by atoms with E-state index in [2.05, 4.69) is 15.1 Å². The molecule has 5 nitrogen and oxygen atoms in total. The first-order valence-electron chi connectivity index (χ1n) is 6.15. The summed E-state index contributed by atoms with van der Waals surface area (Å²) in [5.41, 5.74) is 7.21. The van der Waals surface area contributed by atoms with Crippen LogP contribution in [-0.4, -0.2) is 15.1 Å². The molecule has 0 saturated carbocycles. The molecule has 3 aromatic rings. The van der Waals surface area contributed by atoms with Crippen LogP contribution in [0.15, 0.2) is 52.0 Å². The van der Waals surface area contributed by atoms with Crippen LogP contribution >= 0.6 is 23.4 Å². The van der Waals surface area contributed by atoms with Gasteiger partial charge < -0.3 is 10.3 Å². The lowest BCUT2D eigenvalue weighted by molar-refractivity contribution is 0.391. The first kappa shape index (κ1) is 13.9. The van der Waals surface area contributed by atoms with Gasteiger partial charge in [-0.1, -0.05) is 28.9 Å². The van der Waals surface area contributed by atoms with E-state index in [1.54, 1.807) is 18.3 Å². The number of nitrogens with zero attached hydrogens (tertiary/aromatic N) is 3. The molecule has 3 rings (SSSR count). The molecule has 21 heavy (non-hydrogen) atoms. The predicted molar refractivity (Wildman–Crippen MR) is 83.0 cm³/mol. The summed E-state index contributed by atoms with van der Waals surface area (Å²) >= 11 is 7.58. The maximum absolute atomic E-state index is 6.12. The monoisotopic (exact) mass is 318 g/mol. The molecule has 7 heteroatoms. The Kier molecular flexibility index (Phi) is 4.08. The van der Waals surface area contributed by atoms with Crippen molar-refractivity contribution in [1.82, 2.24) is 15.1 Å². The van der Waals surface area contributed by atoms with Crippen LogP contribution in [0.3, 0.4) is 0 Å². The van der Waals surface area contributed by atoms with Gasteiger partial charge >= 0.3 is 0 Å². The summed E-state index contributed by atoms with van der Waals surface area (Å²) in [7, 11) is 0. The highest BCUT2D eigenvalue weighted by atomic mass is 35.5. The number of nitrogens with two attached hydrogens (primary N) is 1. The normalized spacial score (nSPS) is 10.7. The Morgan fingerprint density at radius 3 is 2.86 bits per heavy atom. The first-order chi connectivity index (χ1) is 10.2. The summed E-state index contributed by atoms with van der Waals surface area (Å²) in [6.07, 6.45) is 1.69. The second-order valence-electron chi connectivity index (χ2n) is 4.17. The van der Waals surface area contributed by atoms with Crippen molar-refractivity contribution >= 4 is 29.1 Å². The van der Waals surface area contributed by atoms with Gasteiger partial charge in [0.1, 0.15) is 5.69 Å². The van der Waals surface area contributed by atoms with Crippen molar-refractivity contribution in [1.29, 1.82) is 0 Å². The molecule has 0 amide bonds. The van der Waals surface area contributed by atoms with Gasteiger partial charge in [0, 0.05) is 16.8 Å². The van der Waals surface area contributed by atoms with E-state index in [0.717, 1.165) is 4.90 Å². The van der Waals surface area contributed by atoms with Crippen LogP contribution in [0.5, 0.6) is 0 Å². The van der Waals surface area contributed by atoms with E-state index in [1.807, 2.05) is 24.3 Å². The second-order valence-corrected chi connectivity index (χ2v) is 5.57. The fourth-order valence-corrected chi connectivity index (χ4v) is 2.90. The Labute approximate surface area is 130 Å². The van der Waals surface area contributed by atoms with Crippen molar-refractivity contribution in [2.75, 3.05) is 5.73 Å². The Hall–Kier alpha value is -2.05. The van der Waals surface area contributed by atoms with Gasteiger partial charge in [0.15, 0.2) is 0 Å². The van der Waals surface area contributed by atoms with E-state index in [4.69, 9.17) is 21.9 Å². The zero-order chi connectivity index (χ0) is 14.7. The Balaban J connectivity index is 1.74. The molecule has 0 bridgehead atoms. The average molecular weight is 319 g/mol. The minimum absolute atomic E-state index is 0.471. The number of halogens is 1. The molecule has 2 heterocycles. The van der Waals surface area contributed by atoms with Crippen molar-refractivity contribution in [2.45, 2.75) is 10.6 Å². The van der Waals surface area contributed by atoms with Gasteiger partial charge in [0.05, 0.1) is 10.8 Å². The van der Waals surface area contributed by atoms with Crippen molar-refractivity contribution in [3.05, 3.63) is 53.5 Å². The molecule has 0 fully saturated rings. The number of hydrogen-bond acceptors (Lipinski definition) is 6. The molecule has 0 unspecified atom stereocenters. The lowest BCUT2D eigenvalue weighted by Gasteiger charge is -2.05. The molecule has 106 valence electrons. The average Bonchev–Trinajstić information content (AvgIpc) is 2.97. The van der Waals surface area contributed by atoms with E-state index >= 15 is 0 Å². The molecular formula is C14H11ClN4OS. The molecule has 0 aliphatic heterocycles. The van der Waals surface area contributed by atoms with Crippen LogP contribution in [0.2, 0.25) is 5.02 Å². The Morgan fingerprint density at radius 2 is 2.10 bits per heavy atom. The molecule has 0 aliphatic carbocycles. The van der Waals surface area contributed by atoms with Crippen molar-refractivity contribution in [3.63, 3.8) is 0 Å². The number of aromatic nitrogens is 3. The maximum atomic E-state index is 6.12. The SMILES string of the molecule is Nc1cccc(Cl)c1SCc1nc(-c2ccccn2)no1. The summed E-state index contributed by atoms with van der Waals surface area (Å²) in [5, 5.41) is 4.53. The fourth-order valence-electron chi connectivity index (χ4n) is 1.72. The van der Waals surface area contributed by atoms with Gasteiger partial charge in [-0.05, 0) is 24.3 Å². The fraction of sp³-hybridized carbons (Fsp3) is 0.0714. The van der Waals surface area contributed by atoms with E-state index in [-0.39, 0.29) is 0 Å². The summed E-state index contributed by atoms with van der Waals surface area (Å²) in [6.45, 7) is 0. The topological polar surface area (TPSA) is 77.8 Å². The van der Waals surface area contributed by atoms with Gasteiger partial charge in [0.2, 0.25) is 11.7 Å². The third kappa shape index (κ3) is 3.17. The van der Waals surface area contributed by atoms with Crippen LogP contribution < -0.4 is 5.73 Å². The van der Waals surface area contributed by atoms with E-state index in [0.29, 0.717) is 33.9 Å². The van der Waals surface area contributed by atoms with Crippen LogP contribution in [0.25, 0.3) is 11.5 Å². The van der Waals surface area contributed by atoms with Gasteiger partial charge in [-0.2, -0.15) is 4.98 Å². The second kappa shape index (κ2) is 6.15. The highest BCUT2D eigenvalue weighted by molar-refractivity contribution is 7.98. The third-order valence-corrected chi connectivity index (χ3v) is 4.26. The number of thioether (sulfide) groups is 1.